The summed E-state index contributed by atoms with van der Waals surface area (Å²) in [7, 11) is 0. The Balaban J connectivity index is 1.04. The fraction of sp³-hybridized carbons (Fsp3) is 0.419. The Morgan fingerprint density at radius 3 is 2.55 bits per heavy atom. The van der Waals surface area contributed by atoms with Crippen molar-refractivity contribution in [3.05, 3.63) is 76.9 Å². The molecule has 4 aromatic rings. The highest BCUT2D eigenvalue weighted by Gasteiger charge is 2.43. The number of rotatable bonds is 7. The molecule has 1 aromatic carbocycles. The number of benzene rings is 1. The van der Waals surface area contributed by atoms with Crippen molar-refractivity contribution in [2.75, 3.05) is 49.5 Å². The second-order valence-corrected chi connectivity index (χ2v) is 12.0. The van der Waals surface area contributed by atoms with Gasteiger partial charge in [-0.1, -0.05) is 12.1 Å². The Hall–Kier alpha value is -4.06. The van der Waals surface area contributed by atoms with E-state index in [9.17, 15) is 9.90 Å². The second kappa shape index (κ2) is 10.0. The molecule has 3 N–H and O–H groups in total. The fourth-order valence-corrected chi connectivity index (χ4v) is 7.10. The standard InChI is InChI=1S/C31H35N9O2/c1-2-11-39-30(42)25-14-33-31(36-29(25)40(39)27-10-4-19-3-9-26(41)28(19)35-27)34-22-5-7-23(8-6-22)37-15-20-17-38(18-21(20)16-37)24-12-32-13-24/h2,4-8,10,14,20-21,24,26,32,41H,1,3,9,11-13,15-18H2,(H,33,34,36)/t20-,21+,26?. The van der Waals surface area contributed by atoms with Crippen LogP contribution in [0.15, 0.2) is 60.0 Å². The summed E-state index contributed by atoms with van der Waals surface area (Å²) in [5.74, 6) is 2.42. The maximum absolute atomic E-state index is 13.3. The van der Waals surface area contributed by atoms with Gasteiger partial charge in [0, 0.05) is 62.9 Å². The summed E-state index contributed by atoms with van der Waals surface area (Å²) < 4.78 is 3.25. The highest BCUT2D eigenvalue weighted by atomic mass is 16.3. The lowest BCUT2D eigenvalue weighted by molar-refractivity contribution is 0.169. The van der Waals surface area contributed by atoms with Gasteiger partial charge in [0.25, 0.3) is 5.56 Å². The van der Waals surface area contributed by atoms with E-state index in [2.05, 4.69) is 56.3 Å². The number of fused-ring (bicyclic) bond motifs is 3. The summed E-state index contributed by atoms with van der Waals surface area (Å²) in [6, 6.07) is 13.0. The zero-order chi connectivity index (χ0) is 28.4. The summed E-state index contributed by atoms with van der Waals surface area (Å²) in [6.45, 7) is 11.0. The minimum atomic E-state index is -0.601. The summed E-state index contributed by atoms with van der Waals surface area (Å²) in [4.78, 5) is 32.4. The number of aryl methyl sites for hydroxylation is 1. The van der Waals surface area contributed by atoms with Gasteiger partial charge in [-0.25, -0.2) is 19.3 Å². The Bertz CT molecular complexity index is 1710. The van der Waals surface area contributed by atoms with Crippen LogP contribution in [0, 0.1) is 11.8 Å². The monoisotopic (exact) mass is 565 g/mol. The SMILES string of the molecule is C=CCn1c(=O)c2cnc(Nc3ccc(N4C[C@@H]5CN(C6CNC6)C[C@@H]5C4)cc3)nc2n1-c1ccc2c(n1)C(O)CC2. The lowest BCUT2D eigenvalue weighted by atomic mass is 10.0. The van der Waals surface area contributed by atoms with Crippen LogP contribution in [0.5, 0.6) is 0 Å². The van der Waals surface area contributed by atoms with Crippen LogP contribution >= 0.6 is 0 Å². The van der Waals surface area contributed by atoms with Crippen molar-refractivity contribution in [1.29, 1.82) is 0 Å². The van der Waals surface area contributed by atoms with Crippen molar-refractivity contribution in [2.24, 2.45) is 11.8 Å². The lowest BCUT2D eigenvalue weighted by Gasteiger charge is -2.36. The minimum Gasteiger partial charge on any atom is -0.387 e. The first-order valence-electron chi connectivity index (χ1n) is 14.9. The van der Waals surface area contributed by atoms with Crippen LogP contribution in [-0.4, -0.2) is 79.6 Å². The van der Waals surface area contributed by atoms with Crippen LogP contribution in [0.3, 0.4) is 0 Å². The van der Waals surface area contributed by atoms with Gasteiger partial charge >= 0.3 is 0 Å². The highest BCUT2D eigenvalue weighted by molar-refractivity contribution is 5.77. The Morgan fingerprint density at radius 1 is 1.05 bits per heavy atom. The molecule has 216 valence electrons. The number of pyridine rings is 1. The normalized spacial score (nSPS) is 23.7. The van der Waals surface area contributed by atoms with Crippen molar-refractivity contribution in [1.82, 2.24) is 34.5 Å². The molecule has 3 saturated heterocycles. The third-order valence-corrected chi connectivity index (χ3v) is 9.47. The molecule has 0 amide bonds. The van der Waals surface area contributed by atoms with Crippen LogP contribution < -0.4 is 21.1 Å². The highest BCUT2D eigenvalue weighted by Crippen LogP contribution is 2.36. The van der Waals surface area contributed by atoms with E-state index in [1.54, 1.807) is 21.6 Å². The van der Waals surface area contributed by atoms with Crippen LogP contribution in [0.25, 0.3) is 16.9 Å². The lowest BCUT2D eigenvalue weighted by Crippen LogP contribution is -2.56. The third-order valence-electron chi connectivity index (χ3n) is 9.47. The molecule has 0 saturated carbocycles. The van der Waals surface area contributed by atoms with Gasteiger partial charge in [-0.2, -0.15) is 4.98 Å². The number of nitrogens with one attached hydrogen (secondary N) is 2. The molecule has 42 heavy (non-hydrogen) atoms. The number of hydrogen-bond donors (Lipinski definition) is 3. The van der Waals surface area contributed by atoms with E-state index in [0.717, 1.165) is 61.7 Å². The Kier molecular flexibility index (Phi) is 6.13. The summed E-state index contributed by atoms with van der Waals surface area (Å²) in [5, 5.41) is 17.5. The topological polar surface area (TPSA) is 116 Å². The van der Waals surface area contributed by atoms with Crippen LogP contribution in [0.4, 0.5) is 17.3 Å². The van der Waals surface area contributed by atoms with Crippen LogP contribution in [0.1, 0.15) is 23.8 Å². The number of aliphatic hydroxyl groups is 1. The van der Waals surface area contributed by atoms with E-state index < -0.39 is 6.10 Å². The van der Waals surface area contributed by atoms with Gasteiger partial charge in [-0.05, 0) is 60.6 Å². The van der Waals surface area contributed by atoms with E-state index in [4.69, 9.17) is 9.97 Å². The first-order chi connectivity index (χ1) is 20.6. The van der Waals surface area contributed by atoms with Crippen molar-refractivity contribution in [3.8, 4) is 5.82 Å². The second-order valence-electron chi connectivity index (χ2n) is 12.0. The molecular formula is C31H35N9O2. The van der Waals surface area contributed by atoms with E-state index in [1.165, 1.54) is 18.8 Å². The predicted octanol–water partition coefficient (Wildman–Crippen LogP) is 2.23. The van der Waals surface area contributed by atoms with Crippen LogP contribution in [-0.2, 0) is 13.0 Å². The molecule has 3 aliphatic heterocycles. The molecule has 8 rings (SSSR count). The smallest absolute Gasteiger partial charge is 0.278 e. The number of aromatic nitrogens is 5. The molecule has 0 radical (unpaired) electrons. The van der Waals surface area contributed by atoms with Gasteiger partial charge < -0.3 is 20.6 Å². The molecule has 4 aliphatic rings. The zero-order valence-electron chi connectivity index (χ0n) is 23.5. The van der Waals surface area contributed by atoms with Gasteiger partial charge in [0.2, 0.25) is 5.95 Å². The molecule has 1 unspecified atom stereocenters. The minimum absolute atomic E-state index is 0.216. The van der Waals surface area contributed by atoms with Gasteiger partial charge in [0.05, 0.1) is 18.3 Å². The van der Waals surface area contributed by atoms with Crippen molar-refractivity contribution in [3.63, 3.8) is 0 Å². The molecular weight excluding hydrogens is 530 g/mol. The molecule has 1 aliphatic carbocycles. The summed E-state index contributed by atoms with van der Waals surface area (Å²) in [6.07, 6.45) is 4.08. The average Bonchev–Trinajstić information content (AvgIpc) is 3.71. The molecule has 0 spiro atoms. The summed E-state index contributed by atoms with van der Waals surface area (Å²) >= 11 is 0. The van der Waals surface area contributed by atoms with E-state index in [-0.39, 0.29) is 12.1 Å². The average molecular weight is 566 g/mol. The number of aliphatic hydroxyl groups excluding tert-OH is 1. The number of allylic oxidation sites excluding steroid dienone is 1. The molecule has 11 nitrogen and oxygen atoms in total. The largest absolute Gasteiger partial charge is 0.387 e. The maximum atomic E-state index is 13.3. The maximum Gasteiger partial charge on any atom is 0.278 e. The van der Waals surface area contributed by atoms with Crippen molar-refractivity contribution < 1.29 is 5.11 Å². The Labute approximate surface area is 243 Å². The Morgan fingerprint density at radius 2 is 1.83 bits per heavy atom. The van der Waals surface area contributed by atoms with Crippen molar-refractivity contribution in [2.45, 2.75) is 31.5 Å². The zero-order valence-corrected chi connectivity index (χ0v) is 23.5. The third kappa shape index (κ3) is 4.22. The van der Waals surface area contributed by atoms with Crippen molar-refractivity contribution >= 4 is 28.4 Å². The van der Waals surface area contributed by atoms with E-state index in [1.807, 2.05) is 12.1 Å². The van der Waals surface area contributed by atoms with E-state index >= 15 is 0 Å². The van der Waals surface area contributed by atoms with Gasteiger partial charge in [0.15, 0.2) is 11.5 Å². The first-order valence-corrected chi connectivity index (χ1v) is 14.9. The van der Waals surface area contributed by atoms with Crippen LogP contribution in [0.2, 0.25) is 0 Å². The summed E-state index contributed by atoms with van der Waals surface area (Å²) in [5.41, 5.74) is 4.04. The predicted molar refractivity (Wildman–Crippen MR) is 162 cm³/mol. The molecule has 11 heteroatoms. The van der Waals surface area contributed by atoms with Gasteiger partial charge in [0.1, 0.15) is 5.39 Å². The molecule has 3 aromatic heterocycles. The molecule has 0 bridgehead atoms. The van der Waals surface area contributed by atoms with Gasteiger partial charge in [-0.3, -0.25) is 9.69 Å². The first kappa shape index (κ1) is 25.6. The molecule has 3 atom stereocenters. The van der Waals surface area contributed by atoms with Gasteiger partial charge in [-0.15, -0.1) is 6.58 Å². The quantitative estimate of drug-likeness (QED) is 0.290. The fourth-order valence-electron chi connectivity index (χ4n) is 7.10. The number of anilines is 3. The molecule has 6 heterocycles. The molecule has 3 fully saturated rings. The van der Waals surface area contributed by atoms with E-state index in [0.29, 0.717) is 34.9 Å². The number of hydrogen-bond acceptors (Lipinski definition) is 9. The number of likely N-dealkylation sites (tertiary alicyclic amines) is 1. The number of nitrogens with zero attached hydrogens (tertiary/aromatic N) is 7.